The lowest BCUT2D eigenvalue weighted by Gasteiger charge is -1.99. The maximum Gasteiger partial charge on any atom is 0.338 e. The number of hydrogen-bond donors (Lipinski definition) is 3. The van der Waals surface area contributed by atoms with Gasteiger partial charge in [0.2, 0.25) is 0 Å². The summed E-state index contributed by atoms with van der Waals surface area (Å²) in [6, 6.07) is 6.96. The van der Waals surface area contributed by atoms with Crippen molar-refractivity contribution < 1.29 is 14.3 Å². The van der Waals surface area contributed by atoms with Gasteiger partial charge in [-0.3, -0.25) is 4.79 Å². The van der Waals surface area contributed by atoms with Crippen LogP contribution in [0.5, 0.6) is 0 Å². The quantitative estimate of drug-likeness (QED) is 0.536. The SMILES string of the molecule is COC(=O)c1ccnc(N)c1.NC1CC1.Nc1cc(C(=O)CC2CC2)ccn1. The van der Waals surface area contributed by atoms with Crippen molar-refractivity contribution in [3.8, 4) is 0 Å². The molecule has 0 radical (unpaired) electrons. The van der Waals surface area contributed by atoms with Crippen LogP contribution in [-0.4, -0.2) is 34.9 Å². The van der Waals surface area contributed by atoms with Crippen molar-refractivity contribution in [3.63, 3.8) is 0 Å². The van der Waals surface area contributed by atoms with Crippen LogP contribution >= 0.6 is 0 Å². The minimum absolute atomic E-state index is 0.191. The summed E-state index contributed by atoms with van der Waals surface area (Å²) in [6.45, 7) is 0. The average Bonchev–Trinajstić information content (AvgIpc) is 3.61. The summed E-state index contributed by atoms with van der Waals surface area (Å²) in [6.07, 6.45) is 8.64. The number of carbonyl (C=O) groups is 2. The average molecular weight is 385 g/mol. The molecule has 0 aliphatic heterocycles. The Balaban J connectivity index is 0.000000169. The van der Waals surface area contributed by atoms with Crippen LogP contribution in [0.15, 0.2) is 36.7 Å². The fourth-order valence-corrected chi connectivity index (χ4v) is 2.11. The van der Waals surface area contributed by atoms with Gasteiger partial charge >= 0.3 is 5.97 Å². The monoisotopic (exact) mass is 385 g/mol. The minimum atomic E-state index is -0.404. The molecule has 4 rings (SSSR count). The molecule has 2 heterocycles. The summed E-state index contributed by atoms with van der Waals surface area (Å²) in [5, 5.41) is 0. The normalized spacial score (nSPS) is 14.6. The molecular formula is C20H27N5O3. The minimum Gasteiger partial charge on any atom is -0.465 e. The Kier molecular flexibility index (Phi) is 7.88. The van der Waals surface area contributed by atoms with Crippen molar-refractivity contribution in [1.82, 2.24) is 9.97 Å². The summed E-state index contributed by atoms with van der Waals surface area (Å²) in [5.74, 6) is 1.15. The molecule has 6 N–H and O–H groups in total. The Morgan fingerprint density at radius 2 is 1.50 bits per heavy atom. The zero-order valence-corrected chi connectivity index (χ0v) is 16.0. The van der Waals surface area contributed by atoms with Gasteiger partial charge in [-0.05, 0) is 55.9 Å². The smallest absolute Gasteiger partial charge is 0.338 e. The molecule has 2 aromatic rings. The van der Waals surface area contributed by atoms with Gasteiger partial charge < -0.3 is 21.9 Å². The molecular weight excluding hydrogens is 358 g/mol. The first-order valence-electron chi connectivity index (χ1n) is 9.19. The van der Waals surface area contributed by atoms with E-state index in [1.807, 2.05) is 0 Å². The van der Waals surface area contributed by atoms with E-state index in [0.29, 0.717) is 41.1 Å². The number of carbonyl (C=O) groups excluding carboxylic acids is 2. The van der Waals surface area contributed by atoms with Gasteiger partial charge in [0.15, 0.2) is 5.78 Å². The Morgan fingerprint density at radius 1 is 1.00 bits per heavy atom. The van der Waals surface area contributed by atoms with Gasteiger partial charge in [0.25, 0.3) is 0 Å². The number of nitrogens with zero attached hydrogens (tertiary/aromatic N) is 2. The van der Waals surface area contributed by atoms with Gasteiger partial charge in [-0.15, -0.1) is 0 Å². The third-order valence-corrected chi connectivity index (χ3v) is 4.10. The molecule has 28 heavy (non-hydrogen) atoms. The topological polar surface area (TPSA) is 147 Å². The zero-order chi connectivity index (χ0) is 20.5. The molecule has 0 unspecified atom stereocenters. The number of ketones is 1. The zero-order valence-electron chi connectivity index (χ0n) is 16.0. The molecule has 2 aromatic heterocycles. The first-order valence-corrected chi connectivity index (χ1v) is 9.19. The van der Waals surface area contributed by atoms with Crippen LogP contribution in [0.25, 0.3) is 0 Å². The Bertz CT molecular complexity index is 804. The molecule has 8 nitrogen and oxygen atoms in total. The number of aromatic nitrogens is 2. The van der Waals surface area contributed by atoms with E-state index in [-0.39, 0.29) is 5.78 Å². The van der Waals surface area contributed by atoms with Crippen LogP contribution in [0.4, 0.5) is 11.6 Å². The van der Waals surface area contributed by atoms with E-state index in [1.165, 1.54) is 45.1 Å². The lowest BCUT2D eigenvalue weighted by molar-refractivity contribution is 0.0600. The fourth-order valence-electron chi connectivity index (χ4n) is 2.11. The molecule has 2 aliphatic rings. The van der Waals surface area contributed by atoms with Crippen LogP contribution < -0.4 is 17.2 Å². The molecule has 0 bridgehead atoms. The van der Waals surface area contributed by atoms with E-state index in [0.717, 1.165) is 0 Å². The van der Waals surface area contributed by atoms with E-state index in [2.05, 4.69) is 14.7 Å². The summed E-state index contributed by atoms with van der Waals surface area (Å²) >= 11 is 0. The van der Waals surface area contributed by atoms with Gasteiger partial charge in [0.1, 0.15) is 11.6 Å². The number of ether oxygens (including phenoxy) is 1. The lowest BCUT2D eigenvalue weighted by atomic mass is 10.1. The number of rotatable bonds is 4. The molecule has 2 saturated carbocycles. The van der Waals surface area contributed by atoms with Crippen LogP contribution in [0.1, 0.15) is 52.8 Å². The number of hydrogen-bond acceptors (Lipinski definition) is 8. The van der Waals surface area contributed by atoms with E-state index >= 15 is 0 Å². The van der Waals surface area contributed by atoms with Crippen molar-refractivity contribution in [2.45, 2.75) is 38.1 Å². The number of nitrogens with two attached hydrogens (primary N) is 3. The molecule has 0 aromatic carbocycles. The highest BCUT2D eigenvalue weighted by molar-refractivity contribution is 5.96. The van der Waals surface area contributed by atoms with Gasteiger partial charge in [0, 0.05) is 30.4 Å². The molecule has 8 heteroatoms. The number of esters is 1. The number of methoxy groups -OCH3 is 1. The molecule has 150 valence electrons. The first kappa shape index (κ1) is 21.3. The molecule has 0 atom stereocenters. The van der Waals surface area contributed by atoms with Crippen LogP contribution in [-0.2, 0) is 4.74 Å². The second-order valence-corrected chi connectivity index (χ2v) is 6.84. The van der Waals surface area contributed by atoms with Crippen molar-refractivity contribution in [1.29, 1.82) is 0 Å². The second kappa shape index (κ2) is 10.4. The second-order valence-electron chi connectivity index (χ2n) is 6.84. The van der Waals surface area contributed by atoms with Gasteiger partial charge in [-0.2, -0.15) is 0 Å². The standard InChI is InChI=1S/C10H12N2O.C7H8N2O2.C3H7N/c11-10-6-8(3-4-12-10)9(13)5-7-1-2-7;1-11-7(10)5-2-3-9-6(8)4-5;4-3-1-2-3/h3-4,6-7H,1-2,5H2,(H2,11,12);2-4H,1H3,(H2,8,9);3H,1-2,4H2. The highest BCUT2D eigenvalue weighted by Gasteiger charge is 2.24. The van der Waals surface area contributed by atoms with Crippen LogP contribution in [0.2, 0.25) is 0 Å². The Labute approximate surface area is 164 Å². The third kappa shape index (κ3) is 8.13. The Morgan fingerprint density at radius 3 is 1.93 bits per heavy atom. The van der Waals surface area contributed by atoms with E-state index < -0.39 is 5.97 Å². The summed E-state index contributed by atoms with van der Waals surface area (Å²) in [5.41, 5.74) is 17.1. The van der Waals surface area contributed by atoms with Crippen LogP contribution in [0, 0.1) is 5.92 Å². The maximum absolute atomic E-state index is 11.6. The third-order valence-electron chi connectivity index (χ3n) is 4.10. The summed E-state index contributed by atoms with van der Waals surface area (Å²) in [7, 11) is 1.32. The lowest BCUT2D eigenvalue weighted by Crippen LogP contribution is -2.02. The summed E-state index contributed by atoms with van der Waals surface area (Å²) < 4.78 is 4.47. The largest absolute Gasteiger partial charge is 0.465 e. The van der Waals surface area contributed by atoms with Gasteiger partial charge in [0.05, 0.1) is 12.7 Å². The fraction of sp³-hybridized carbons (Fsp3) is 0.400. The summed E-state index contributed by atoms with van der Waals surface area (Å²) in [4.78, 5) is 30.0. The van der Waals surface area contributed by atoms with Gasteiger partial charge in [-0.25, -0.2) is 14.8 Å². The number of anilines is 2. The molecule has 0 amide bonds. The highest BCUT2D eigenvalue weighted by Crippen LogP contribution is 2.33. The molecule has 0 saturated heterocycles. The predicted molar refractivity (Wildman–Crippen MR) is 108 cm³/mol. The van der Waals surface area contributed by atoms with Crippen molar-refractivity contribution in [2.75, 3.05) is 18.6 Å². The van der Waals surface area contributed by atoms with E-state index in [9.17, 15) is 9.59 Å². The van der Waals surface area contributed by atoms with E-state index in [4.69, 9.17) is 17.2 Å². The van der Waals surface area contributed by atoms with Gasteiger partial charge in [-0.1, -0.05) is 0 Å². The number of nitrogen functional groups attached to an aromatic ring is 2. The van der Waals surface area contributed by atoms with E-state index in [1.54, 1.807) is 24.4 Å². The van der Waals surface area contributed by atoms with Crippen molar-refractivity contribution >= 4 is 23.4 Å². The predicted octanol–water partition coefficient (Wildman–Crippen LogP) is 2.20. The number of pyridine rings is 2. The maximum atomic E-state index is 11.6. The molecule has 0 spiro atoms. The highest BCUT2D eigenvalue weighted by atomic mass is 16.5. The van der Waals surface area contributed by atoms with Crippen molar-refractivity contribution in [2.24, 2.45) is 11.7 Å². The molecule has 2 aliphatic carbocycles. The Hall–Kier alpha value is -3.00. The van der Waals surface area contributed by atoms with Crippen molar-refractivity contribution in [3.05, 3.63) is 47.8 Å². The molecule has 2 fully saturated rings. The first-order chi connectivity index (χ1) is 13.4. The van der Waals surface area contributed by atoms with Crippen LogP contribution in [0.3, 0.4) is 0 Å². The number of Topliss-reactive ketones (excluding diaryl/α,β-unsaturated/α-hetero) is 1.